The highest BCUT2D eigenvalue weighted by molar-refractivity contribution is 6.51. The van der Waals surface area contributed by atoms with Gasteiger partial charge in [-0.2, -0.15) is 0 Å². The molecule has 1 saturated heterocycles. The topological polar surface area (TPSA) is 41.9 Å². The Labute approximate surface area is 212 Å². The van der Waals surface area contributed by atoms with Crippen LogP contribution in [-0.4, -0.2) is 48.0 Å². The fourth-order valence-corrected chi connectivity index (χ4v) is 5.74. The molecule has 0 aromatic heterocycles. The quantitative estimate of drug-likeness (QED) is 0.377. The van der Waals surface area contributed by atoms with E-state index in [1.807, 2.05) is 42.5 Å². The summed E-state index contributed by atoms with van der Waals surface area (Å²) in [6.07, 6.45) is 2.00. The average Bonchev–Trinajstić information content (AvgIpc) is 3.16. The van der Waals surface area contributed by atoms with Crippen LogP contribution in [0.3, 0.4) is 0 Å². The molecule has 3 aromatic rings. The van der Waals surface area contributed by atoms with Gasteiger partial charge in [0, 0.05) is 54.7 Å². The van der Waals surface area contributed by atoms with E-state index in [-0.39, 0.29) is 22.3 Å². The molecule has 1 atom stereocenters. The number of piperidine rings is 1. The number of hydrogen-bond acceptors (Lipinski definition) is 4. The largest absolute Gasteiger partial charge is 0.489 e. The van der Waals surface area contributed by atoms with Crippen molar-refractivity contribution < 1.29 is 14.6 Å². The Morgan fingerprint density at radius 3 is 2.45 bits per heavy atom. The lowest BCUT2D eigenvalue weighted by Crippen LogP contribution is -2.49. The lowest BCUT2D eigenvalue weighted by molar-refractivity contribution is -0.00185. The van der Waals surface area contributed by atoms with Gasteiger partial charge in [-0.05, 0) is 23.8 Å². The van der Waals surface area contributed by atoms with Crippen LogP contribution in [0.15, 0.2) is 42.5 Å². The van der Waals surface area contributed by atoms with E-state index in [1.54, 1.807) is 0 Å². The zero-order chi connectivity index (χ0) is 23.2. The van der Waals surface area contributed by atoms with E-state index >= 15 is 0 Å². The van der Waals surface area contributed by atoms with Gasteiger partial charge in [-0.15, -0.1) is 0 Å². The summed E-state index contributed by atoms with van der Waals surface area (Å²) in [4.78, 5) is 2.24. The molecule has 1 N–H and O–H groups in total. The minimum atomic E-state index is -0.677. The van der Waals surface area contributed by atoms with E-state index in [1.165, 1.54) is 5.56 Å². The van der Waals surface area contributed by atoms with Crippen molar-refractivity contribution in [3.05, 3.63) is 68.1 Å². The van der Waals surface area contributed by atoms with E-state index in [0.717, 1.165) is 53.9 Å². The maximum atomic E-state index is 10.7. The molecule has 4 nitrogen and oxygen atoms in total. The van der Waals surface area contributed by atoms with Gasteiger partial charge in [0.25, 0.3) is 0 Å². The number of aliphatic hydroxyl groups is 1. The van der Waals surface area contributed by atoms with Crippen molar-refractivity contribution in [3.63, 3.8) is 0 Å². The van der Waals surface area contributed by atoms with Crippen molar-refractivity contribution in [2.45, 2.75) is 31.0 Å². The summed E-state index contributed by atoms with van der Waals surface area (Å²) in [5, 5.41) is 13.8. The molecule has 0 saturated carbocycles. The molecule has 3 aromatic carbocycles. The molecular weight excluding hydrogens is 504 g/mol. The number of likely N-dealkylation sites (tertiary alicyclic amines) is 1. The van der Waals surface area contributed by atoms with Crippen molar-refractivity contribution >= 4 is 57.2 Å². The standard InChI is InChI=1S/C25H23Cl4NO3/c26-16-5-6-20-15(11-16)12-25(33-20)7-9-30(10-8-25)13-17(31)14-32-24-19-4-2-1-3-18(19)21(27)22(28)23(24)29/h1-6,11,17,31H,7-10,12-14H2/t17-/m0/s1. The first-order valence-corrected chi connectivity index (χ1v) is 12.4. The first-order chi connectivity index (χ1) is 15.8. The molecule has 1 spiro atoms. The summed E-state index contributed by atoms with van der Waals surface area (Å²) in [6, 6.07) is 13.3. The first kappa shape index (κ1) is 23.3. The maximum absolute atomic E-state index is 10.7. The Morgan fingerprint density at radius 1 is 0.970 bits per heavy atom. The molecule has 0 unspecified atom stereocenters. The first-order valence-electron chi connectivity index (χ1n) is 10.9. The van der Waals surface area contributed by atoms with Crippen LogP contribution in [0.25, 0.3) is 10.8 Å². The molecule has 33 heavy (non-hydrogen) atoms. The molecule has 2 aliphatic heterocycles. The van der Waals surface area contributed by atoms with E-state index in [2.05, 4.69) is 4.90 Å². The highest BCUT2D eigenvalue weighted by Crippen LogP contribution is 2.45. The molecule has 0 radical (unpaired) electrons. The van der Waals surface area contributed by atoms with Crippen LogP contribution in [0.4, 0.5) is 0 Å². The number of rotatable bonds is 5. The third-order valence-corrected chi connectivity index (χ3v) is 8.07. The van der Waals surface area contributed by atoms with E-state index in [4.69, 9.17) is 55.9 Å². The molecule has 0 amide bonds. The average molecular weight is 527 g/mol. The summed E-state index contributed by atoms with van der Waals surface area (Å²) in [5.74, 6) is 1.38. The summed E-state index contributed by atoms with van der Waals surface area (Å²) in [6.45, 7) is 2.29. The van der Waals surface area contributed by atoms with Gasteiger partial charge in [0.2, 0.25) is 0 Å². The third kappa shape index (κ3) is 4.62. The van der Waals surface area contributed by atoms with Crippen molar-refractivity contribution in [1.82, 2.24) is 4.90 Å². The second-order valence-corrected chi connectivity index (χ2v) is 10.4. The van der Waals surface area contributed by atoms with Crippen LogP contribution in [-0.2, 0) is 6.42 Å². The Bertz CT molecular complexity index is 1190. The van der Waals surface area contributed by atoms with E-state index in [0.29, 0.717) is 17.3 Å². The lowest BCUT2D eigenvalue weighted by atomic mass is 9.87. The minimum absolute atomic E-state index is 0.101. The number of ether oxygens (including phenoxy) is 2. The molecule has 2 heterocycles. The lowest BCUT2D eigenvalue weighted by Gasteiger charge is -2.39. The van der Waals surface area contributed by atoms with Crippen molar-refractivity contribution in [2.75, 3.05) is 26.2 Å². The monoisotopic (exact) mass is 525 g/mol. The van der Waals surface area contributed by atoms with Crippen molar-refractivity contribution in [1.29, 1.82) is 0 Å². The van der Waals surface area contributed by atoms with Crippen LogP contribution >= 0.6 is 46.4 Å². The molecule has 2 aliphatic rings. The number of nitrogens with zero attached hydrogens (tertiary/aromatic N) is 1. The Hall–Kier alpha value is -1.40. The SMILES string of the molecule is O[C@H](COc1c(Cl)c(Cl)c(Cl)c2ccccc12)CN1CCC2(CC1)Cc1cc(Cl)ccc1O2. The van der Waals surface area contributed by atoms with Gasteiger partial charge < -0.3 is 19.5 Å². The minimum Gasteiger partial charge on any atom is -0.489 e. The number of β-amino-alcohol motifs (C(OH)–C–C–N with tert-alkyl or cyclic N) is 1. The van der Waals surface area contributed by atoms with E-state index in [9.17, 15) is 5.11 Å². The molecular formula is C25H23Cl4NO3. The fraction of sp³-hybridized carbons (Fsp3) is 0.360. The van der Waals surface area contributed by atoms with Crippen molar-refractivity contribution in [3.8, 4) is 11.5 Å². The van der Waals surface area contributed by atoms with Gasteiger partial charge in [0.1, 0.15) is 34.8 Å². The molecule has 0 bridgehead atoms. The summed E-state index contributed by atoms with van der Waals surface area (Å²) in [5.41, 5.74) is 1.01. The van der Waals surface area contributed by atoms with E-state index < -0.39 is 6.10 Å². The van der Waals surface area contributed by atoms with Crippen LogP contribution in [0, 0.1) is 0 Å². The number of aliphatic hydroxyl groups excluding tert-OH is 1. The smallest absolute Gasteiger partial charge is 0.147 e. The van der Waals surface area contributed by atoms with Gasteiger partial charge >= 0.3 is 0 Å². The second-order valence-electron chi connectivity index (χ2n) is 8.80. The molecule has 8 heteroatoms. The van der Waals surface area contributed by atoms with Gasteiger partial charge in [-0.25, -0.2) is 0 Å². The Balaban J connectivity index is 1.19. The summed E-state index contributed by atoms with van der Waals surface area (Å²) < 4.78 is 12.3. The maximum Gasteiger partial charge on any atom is 0.147 e. The van der Waals surface area contributed by atoms with Gasteiger partial charge in [-0.3, -0.25) is 0 Å². The van der Waals surface area contributed by atoms with Crippen LogP contribution < -0.4 is 9.47 Å². The summed E-state index contributed by atoms with van der Waals surface area (Å²) in [7, 11) is 0. The third-order valence-electron chi connectivity index (χ3n) is 6.51. The molecule has 1 fully saturated rings. The highest BCUT2D eigenvalue weighted by atomic mass is 35.5. The zero-order valence-corrected chi connectivity index (χ0v) is 20.8. The predicted octanol–water partition coefficient (Wildman–Crippen LogP) is 6.66. The fourth-order valence-electron chi connectivity index (χ4n) is 4.80. The van der Waals surface area contributed by atoms with Gasteiger partial charge in [0.15, 0.2) is 0 Å². The van der Waals surface area contributed by atoms with Crippen molar-refractivity contribution in [2.24, 2.45) is 0 Å². The van der Waals surface area contributed by atoms with Crippen LogP contribution in [0.1, 0.15) is 18.4 Å². The Morgan fingerprint density at radius 2 is 1.70 bits per heavy atom. The molecule has 174 valence electrons. The van der Waals surface area contributed by atoms with Crippen LogP contribution in [0.5, 0.6) is 11.5 Å². The number of fused-ring (bicyclic) bond motifs is 2. The Kier molecular flexibility index (Phi) is 6.60. The van der Waals surface area contributed by atoms with Gasteiger partial charge in [0.05, 0.1) is 10.0 Å². The normalized spacial score (nSPS) is 18.3. The number of benzene rings is 3. The molecule has 0 aliphatic carbocycles. The summed E-state index contributed by atoms with van der Waals surface area (Å²) >= 11 is 25.2. The second kappa shape index (κ2) is 9.33. The predicted molar refractivity (Wildman–Crippen MR) is 135 cm³/mol. The zero-order valence-electron chi connectivity index (χ0n) is 17.8. The van der Waals surface area contributed by atoms with Gasteiger partial charge in [-0.1, -0.05) is 70.7 Å². The highest BCUT2D eigenvalue weighted by Gasteiger charge is 2.42. The molecule has 5 rings (SSSR count). The number of hydrogen-bond donors (Lipinski definition) is 1. The van der Waals surface area contributed by atoms with Crippen LogP contribution in [0.2, 0.25) is 20.1 Å². The number of halogens is 4.